The van der Waals surface area contributed by atoms with Gasteiger partial charge in [-0.1, -0.05) is 43.0 Å². The lowest BCUT2D eigenvalue weighted by molar-refractivity contribution is 0.122. The lowest BCUT2D eigenvalue weighted by atomic mass is 9.85. The van der Waals surface area contributed by atoms with E-state index in [0.29, 0.717) is 11.7 Å². The first-order valence-electron chi connectivity index (χ1n) is 7.00. The number of primary sulfonamides is 1. The summed E-state index contributed by atoms with van der Waals surface area (Å²) in [6.07, 6.45) is 5.55. The van der Waals surface area contributed by atoms with E-state index in [2.05, 4.69) is 6.92 Å². The number of hydrogen-bond donors (Lipinski definition) is 1. The molecule has 7 heteroatoms. The van der Waals surface area contributed by atoms with Gasteiger partial charge in [-0.3, -0.25) is 0 Å². The standard InChI is InChI=1S/C14H19Cl2NO3S/c1-2-9-4-3-5-10(8-9)20-11-6-7-12(21(17,18)19)14(16)13(11)15/h6-7,9-10H,2-5,8H2,1H3,(H2,17,18,19). The number of ether oxygens (including phenoxy) is 1. The highest BCUT2D eigenvalue weighted by atomic mass is 35.5. The first-order chi connectivity index (χ1) is 9.82. The van der Waals surface area contributed by atoms with Crippen LogP contribution in [0.3, 0.4) is 0 Å². The van der Waals surface area contributed by atoms with Crippen molar-refractivity contribution in [2.75, 3.05) is 0 Å². The third kappa shape index (κ3) is 4.03. The van der Waals surface area contributed by atoms with Crippen molar-refractivity contribution in [2.24, 2.45) is 11.1 Å². The summed E-state index contributed by atoms with van der Waals surface area (Å²) in [5.74, 6) is 1.08. The largest absolute Gasteiger partial charge is 0.489 e. The second-order valence-corrected chi connectivity index (χ2v) is 7.70. The summed E-state index contributed by atoms with van der Waals surface area (Å²) in [5.41, 5.74) is 0. The van der Waals surface area contributed by atoms with E-state index in [1.54, 1.807) is 0 Å². The Labute approximate surface area is 135 Å². The highest BCUT2D eigenvalue weighted by Crippen LogP contribution is 2.38. The van der Waals surface area contributed by atoms with Gasteiger partial charge in [-0.25, -0.2) is 13.6 Å². The second kappa shape index (κ2) is 6.73. The third-order valence-electron chi connectivity index (χ3n) is 3.92. The van der Waals surface area contributed by atoms with Gasteiger partial charge < -0.3 is 4.74 Å². The molecule has 118 valence electrons. The molecule has 2 N–H and O–H groups in total. The van der Waals surface area contributed by atoms with Gasteiger partial charge in [-0.15, -0.1) is 0 Å². The summed E-state index contributed by atoms with van der Waals surface area (Å²) in [6, 6.07) is 2.85. The van der Waals surface area contributed by atoms with Crippen LogP contribution < -0.4 is 9.88 Å². The van der Waals surface area contributed by atoms with Crippen molar-refractivity contribution in [2.45, 2.75) is 50.0 Å². The van der Waals surface area contributed by atoms with E-state index in [1.165, 1.54) is 18.6 Å². The van der Waals surface area contributed by atoms with Gasteiger partial charge in [0.05, 0.1) is 11.1 Å². The minimum Gasteiger partial charge on any atom is -0.489 e. The van der Waals surface area contributed by atoms with Crippen molar-refractivity contribution >= 4 is 33.2 Å². The predicted octanol–water partition coefficient (Wildman–Crippen LogP) is 3.99. The quantitative estimate of drug-likeness (QED) is 0.891. The molecule has 2 unspecified atom stereocenters. The molecule has 1 aliphatic carbocycles. The highest BCUT2D eigenvalue weighted by molar-refractivity contribution is 7.89. The van der Waals surface area contributed by atoms with Crippen LogP contribution >= 0.6 is 23.2 Å². The minimum absolute atomic E-state index is 0.0838. The van der Waals surface area contributed by atoms with Gasteiger partial charge in [-0.05, 0) is 37.3 Å². The molecule has 1 aromatic rings. The summed E-state index contributed by atoms with van der Waals surface area (Å²) in [4.78, 5) is -0.184. The molecule has 21 heavy (non-hydrogen) atoms. The van der Waals surface area contributed by atoms with E-state index < -0.39 is 10.0 Å². The Bertz CT molecular complexity index is 619. The summed E-state index contributed by atoms with van der Waals surface area (Å²) < 4.78 is 28.7. The zero-order chi connectivity index (χ0) is 15.6. The van der Waals surface area contributed by atoms with Crippen LogP contribution in [0.4, 0.5) is 0 Å². The molecule has 0 heterocycles. The van der Waals surface area contributed by atoms with Crippen molar-refractivity contribution in [3.05, 3.63) is 22.2 Å². The van der Waals surface area contributed by atoms with Gasteiger partial charge in [0.2, 0.25) is 10.0 Å². The lowest BCUT2D eigenvalue weighted by Gasteiger charge is -2.29. The molecule has 0 aromatic heterocycles. The van der Waals surface area contributed by atoms with Crippen molar-refractivity contribution in [1.29, 1.82) is 0 Å². The molecule has 0 saturated heterocycles. The molecule has 0 aliphatic heterocycles. The van der Waals surface area contributed by atoms with Gasteiger partial charge in [0.25, 0.3) is 0 Å². The summed E-state index contributed by atoms with van der Waals surface area (Å²) in [6.45, 7) is 2.18. The fourth-order valence-electron chi connectivity index (χ4n) is 2.72. The number of hydrogen-bond acceptors (Lipinski definition) is 3. The van der Waals surface area contributed by atoms with Gasteiger partial charge in [0, 0.05) is 0 Å². The van der Waals surface area contributed by atoms with E-state index in [-0.39, 0.29) is 21.0 Å². The van der Waals surface area contributed by atoms with Gasteiger partial charge in [0.1, 0.15) is 15.7 Å². The Morgan fingerprint density at radius 1 is 1.29 bits per heavy atom. The van der Waals surface area contributed by atoms with Crippen molar-refractivity contribution in [3.8, 4) is 5.75 Å². The van der Waals surface area contributed by atoms with E-state index >= 15 is 0 Å². The Hall–Kier alpha value is -0.490. The molecule has 0 radical (unpaired) electrons. The second-order valence-electron chi connectivity index (χ2n) is 5.42. The maximum absolute atomic E-state index is 11.4. The Morgan fingerprint density at radius 3 is 2.62 bits per heavy atom. The SMILES string of the molecule is CCC1CCCC(Oc2ccc(S(N)(=O)=O)c(Cl)c2Cl)C1. The molecule has 0 amide bonds. The zero-order valence-electron chi connectivity index (χ0n) is 11.8. The maximum atomic E-state index is 11.4. The summed E-state index contributed by atoms with van der Waals surface area (Å²) >= 11 is 12.1. The van der Waals surface area contributed by atoms with Crippen molar-refractivity contribution < 1.29 is 13.2 Å². The molecule has 0 bridgehead atoms. The zero-order valence-corrected chi connectivity index (χ0v) is 14.1. The van der Waals surface area contributed by atoms with Crippen LogP contribution in [0, 0.1) is 5.92 Å². The maximum Gasteiger partial charge on any atom is 0.239 e. The summed E-state index contributed by atoms with van der Waals surface area (Å²) in [7, 11) is -3.89. The summed E-state index contributed by atoms with van der Waals surface area (Å²) in [5, 5.41) is 5.10. The lowest BCUT2D eigenvalue weighted by Crippen LogP contribution is -2.25. The fourth-order valence-corrected chi connectivity index (χ4v) is 4.08. The molecular formula is C14H19Cl2NO3S. The van der Waals surface area contributed by atoms with E-state index in [9.17, 15) is 8.42 Å². The fraction of sp³-hybridized carbons (Fsp3) is 0.571. The third-order valence-corrected chi connectivity index (χ3v) is 5.85. The molecule has 1 aromatic carbocycles. The van der Waals surface area contributed by atoms with Crippen LogP contribution in [0.1, 0.15) is 39.0 Å². The van der Waals surface area contributed by atoms with Crippen LogP contribution in [-0.2, 0) is 10.0 Å². The predicted molar refractivity (Wildman–Crippen MR) is 84.5 cm³/mol. The van der Waals surface area contributed by atoms with E-state index in [1.807, 2.05) is 0 Å². The van der Waals surface area contributed by atoms with Crippen LogP contribution in [0.15, 0.2) is 17.0 Å². The van der Waals surface area contributed by atoms with Gasteiger partial charge >= 0.3 is 0 Å². The van der Waals surface area contributed by atoms with Crippen LogP contribution in [0.25, 0.3) is 0 Å². The number of rotatable bonds is 4. The topological polar surface area (TPSA) is 69.4 Å². The average molecular weight is 352 g/mol. The Morgan fingerprint density at radius 2 is 2.00 bits per heavy atom. The number of halogens is 2. The molecule has 1 fully saturated rings. The molecule has 1 saturated carbocycles. The Balaban J connectivity index is 2.20. The molecule has 0 spiro atoms. The normalized spacial score (nSPS) is 23.0. The molecule has 2 atom stereocenters. The van der Waals surface area contributed by atoms with Gasteiger partial charge in [-0.2, -0.15) is 0 Å². The smallest absolute Gasteiger partial charge is 0.239 e. The molecular weight excluding hydrogens is 333 g/mol. The van der Waals surface area contributed by atoms with Gasteiger partial charge in [0.15, 0.2) is 0 Å². The van der Waals surface area contributed by atoms with Crippen LogP contribution in [0.5, 0.6) is 5.75 Å². The monoisotopic (exact) mass is 351 g/mol. The minimum atomic E-state index is -3.89. The van der Waals surface area contributed by atoms with E-state index in [4.69, 9.17) is 33.1 Å². The molecule has 2 rings (SSSR count). The Kier molecular flexibility index (Phi) is 5.41. The highest BCUT2D eigenvalue weighted by Gasteiger charge is 2.24. The van der Waals surface area contributed by atoms with Crippen molar-refractivity contribution in [1.82, 2.24) is 0 Å². The average Bonchev–Trinajstić information content (AvgIpc) is 2.43. The number of benzene rings is 1. The molecule has 4 nitrogen and oxygen atoms in total. The van der Waals surface area contributed by atoms with Crippen molar-refractivity contribution in [3.63, 3.8) is 0 Å². The molecule has 1 aliphatic rings. The van der Waals surface area contributed by atoms with E-state index in [0.717, 1.165) is 25.7 Å². The number of nitrogens with two attached hydrogens (primary N) is 1. The van der Waals surface area contributed by atoms with Crippen LogP contribution in [-0.4, -0.2) is 14.5 Å². The first kappa shape index (κ1) is 16.9. The van der Waals surface area contributed by atoms with Crippen LogP contribution in [0.2, 0.25) is 10.0 Å². The number of sulfonamides is 1. The first-order valence-corrected chi connectivity index (χ1v) is 9.30.